The molecule has 1 saturated carbocycles. The summed E-state index contributed by atoms with van der Waals surface area (Å²) >= 11 is 0. The van der Waals surface area contributed by atoms with E-state index in [2.05, 4.69) is 16.0 Å². The molecule has 1 aliphatic rings. The van der Waals surface area contributed by atoms with Crippen LogP contribution < -0.4 is 16.0 Å². The molecule has 0 saturated heterocycles. The van der Waals surface area contributed by atoms with Gasteiger partial charge in [0, 0.05) is 12.6 Å². The number of rotatable bonds is 6. The molecule has 1 aliphatic carbocycles. The molecule has 156 valence electrons. The van der Waals surface area contributed by atoms with Gasteiger partial charge in [0.2, 0.25) is 5.91 Å². The van der Waals surface area contributed by atoms with Crippen molar-refractivity contribution in [3.8, 4) is 0 Å². The van der Waals surface area contributed by atoms with Crippen LogP contribution in [0.25, 0.3) is 0 Å². The van der Waals surface area contributed by atoms with Crippen molar-refractivity contribution in [1.82, 2.24) is 16.0 Å². The zero-order valence-electron chi connectivity index (χ0n) is 16.2. The monoisotopic (exact) mass is 399 g/mol. The first-order valence-electron chi connectivity index (χ1n) is 9.62. The van der Waals surface area contributed by atoms with E-state index in [0.717, 1.165) is 5.56 Å². The third kappa shape index (κ3) is 6.73. The van der Waals surface area contributed by atoms with E-state index in [1.807, 2.05) is 30.3 Å². The van der Waals surface area contributed by atoms with Crippen molar-refractivity contribution in [3.05, 3.63) is 35.9 Å². The first-order valence-corrected chi connectivity index (χ1v) is 9.62. The molecule has 3 unspecified atom stereocenters. The summed E-state index contributed by atoms with van der Waals surface area (Å²) in [5, 5.41) is 8.02. The summed E-state index contributed by atoms with van der Waals surface area (Å²) in [6.07, 6.45) is -3.31. The van der Waals surface area contributed by atoms with Gasteiger partial charge in [0.15, 0.2) is 0 Å². The van der Waals surface area contributed by atoms with Crippen LogP contribution in [-0.4, -0.2) is 30.2 Å². The van der Waals surface area contributed by atoms with E-state index in [1.165, 1.54) is 0 Å². The van der Waals surface area contributed by atoms with Crippen LogP contribution in [0.15, 0.2) is 30.3 Å². The first-order chi connectivity index (χ1) is 13.2. The number of halogens is 3. The second-order valence-corrected chi connectivity index (χ2v) is 7.64. The lowest BCUT2D eigenvalue weighted by atomic mass is 9.85. The van der Waals surface area contributed by atoms with E-state index in [0.29, 0.717) is 19.4 Å². The Balaban J connectivity index is 1.88. The minimum absolute atomic E-state index is 0.101. The standard InChI is InChI=1S/C20H28F3N3O2/c1-13(2)17(26-19(28)24-12-14-7-4-3-5-8-14)18(27)25-16-10-6-9-15(11-16)20(21,22)23/h3-5,7-8,13,15-17H,6,9-12H2,1-2H3,(H,25,27)(H2,24,26,28). The molecule has 8 heteroatoms. The number of benzene rings is 1. The van der Waals surface area contributed by atoms with Crippen molar-refractivity contribution in [2.75, 3.05) is 0 Å². The third-order valence-electron chi connectivity index (χ3n) is 5.02. The van der Waals surface area contributed by atoms with Gasteiger partial charge in [0.1, 0.15) is 6.04 Å². The number of amides is 3. The van der Waals surface area contributed by atoms with Crippen molar-refractivity contribution in [2.45, 2.75) is 64.3 Å². The van der Waals surface area contributed by atoms with Gasteiger partial charge >= 0.3 is 12.2 Å². The molecule has 5 nitrogen and oxygen atoms in total. The summed E-state index contributed by atoms with van der Waals surface area (Å²) in [4.78, 5) is 24.7. The Morgan fingerprint density at radius 2 is 1.82 bits per heavy atom. The maximum atomic E-state index is 13.0. The Hall–Kier alpha value is -2.25. The topological polar surface area (TPSA) is 70.2 Å². The zero-order chi connectivity index (χ0) is 20.7. The maximum Gasteiger partial charge on any atom is 0.391 e. The summed E-state index contributed by atoms with van der Waals surface area (Å²) in [6.45, 7) is 3.87. The Morgan fingerprint density at radius 3 is 2.43 bits per heavy atom. The van der Waals surface area contributed by atoms with Crippen molar-refractivity contribution >= 4 is 11.9 Å². The quantitative estimate of drug-likeness (QED) is 0.682. The highest BCUT2D eigenvalue weighted by molar-refractivity contribution is 5.87. The van der Waals surface area contributed by atoms with Gasteiger partial charge in [-0.2, -0.15) is 13.2 Å². The van der Waals surface area contributed by atoms with Crippen LogP contribution in [0, 0.1) is 11.8 Å². The predicted molar refractivity (Wildman–Crippen MR) is 100 cm³/mol. The number of carbonyl (C=O) groups excluding carboxylic acids is 2. The number of hydrogen-bond donors (Lipinski definition) is 3. The lowest BCUT2D eigenvalue weighted by Gasteiger charge is -2.32. The minimum Gasteiger partial charge on any atom is -0.352 e. The van der Waals surface area contributed by atoms with Crippen LogP contribution in [0.1, 0.15) is 45.1 Å². The average Bonchev–Trinajstić information content (AvgIpc) is 2.64. The molecule has 3 amide bonds. The van der Waals surface area contributed by atoms with Crippen molar-refractivity contribution in [2.24, 2.45) is 11.8 Å². The molecule has 0 aromatic heterocycles. The van der Waals surface area contributed by atoms with Gasteiger partial charge in [-0.05, 0) is 30.7 Å². The normalized spacial score (nSPS) is 21.1. The second-order valence-electron chi connectivity index (χ2n) is 7.64. The van der Waals surface area contributed by atoms with Gasteiger partial charge in [0.25, 0.3) is 0 Å². The van der Waals surface area contributed by atoms with Crippen molar-refractivity contribution < 1.29 is 22.8 Å². The lowest BCUT2D eigenvalue weighted by Crippen LogP contribution is -2.55. The van der Waals surface area contributed by atoms with Crippen LogP contribution in [0.3, 0.4) is 0 Å². The first kappa shape index (κ1) is 22.0. The Bertz CT molecular complexity index is 650. The predicted octanol–water partition coefficient (Wildman–Crippen LogP) is 3.75. The summed E-state index contributed by atoms with van der Waals surface area (Å²) < 4.78 is 38.9. The summed E-state index contributed by atoms with van der Waals surface area (Å²) in [6, 6.07) is 7.49. The molecule has 1 fully saturated rings. The molecular weight excluding hydrogens is 371 g/mol. The number of nitrogens with one attached hydrogen (secondary N) is 3. The van der Waals surface area contributed by atoms with E-state index in [9.17, 15) is 22.8 Å². The van der Waals surface area contributed by atoms with Crippen LogP contribution in [0.4, 0.5) is 18.0 Å². The molecule has 0 heterocycles. The summed E-state index contributed by atoms with van der Waals surface area (Å²) in [5.74, 6) is -2.03. The van der Waals surface area contributed by atoms with Gasteiger partial charge < -0.3 is 16.0 Å². The molecule has 0 bridgehead atoms. The Morgan fingerprint density at radius 1 is 1.14 bits per heavy atom. The smallest absolute Gasteiger partial charge is 0.352 e. The minimum atomic E-state index is -4.24. The fourth-order valence-corrected chi connectivity index (χ4v) is 3.41. The fraction of sp³-hybridized carbons (Fsp3) is 0.600. The number of urea groups is 1. The number of alkyl halides is 3. The SMILES string of the molecule is CC(C)C(NC(=O)NCc1ccccc1)C(=O)NC1CCCC(C(F)(F)F)C1. The highest BCUT2D eigenvalue weighted by Gasteiger charge is 2.42. The van der Waals surface area contributed by atoms with Crippen molar-refractivity contribution in [3.63, 3.8) is 0 Å². The van der Waals surface area contributed by atoms with Crippen molar-refractivity contribution in [1.29, 1.82) is 0 Å². The molecular formula is C20H28F3N3O2. The van der Waals surface area contributed by atoms with Gasteiger partial charge in [-0.1, -0.05) is 50.6 Å². The highest BCUT2D eigenvalue weighted by Crippen LogP contribution is 2.37. The molecule has 1 aromatic carbocycles. The van der Waals surface area contributed by atoms with Gasteiger partial charge in [-0.15, -0.1) is 0 Å². The molecule has 1 aromatic rings. The van der Waals surface area contributed by atoms with Gasteiger partial charge in [0.05, 0.1) is 5.92 Å². The molecule has 0 radical (unpaired) electrons. The fourth-order valence-electron chi connectivity index (χ4n) is 3.41. The largest absolute Gasteiger partial charge is 0.391 e. The molecule has 28 heavy (non-hydrogen) atoms. The van der Waals surface area contributed by atoms with Crippen LogP contribution in [0.2, 0.25) is 0 Å². The molecule has 3 N–H and O–H groups in total. The lowest BCUT2D eigenvalue weighted by molar-refractivity contribution is -0.184. The zero-order valence-corrected chi connectivity index (χ0v) is 16.2. The number of carbonyl (C=O) groups is 2. The van der Waals surface area contributed by atoms with E-state index >= 15 is 0 Å². The van der Waals surface area contributed by atoms with Crippen LogP contribution in [0.5, 0.6) is 0 Å². The third-order valence-corrected chi connectivity index (χ3v) is 5.02. The van der Waals surface area contributed by atoms with E-state index < -0.39 is 36.1 Å². The summed E-state index contributed by atoms with van der Waals surface area (Å²) in [7, 11) is 0. The van der Waals surface area contributed by atoms with Gasteiger partial charge in [-0.25, -0.2) is 4.79 Å². The molecule has 0 aliphatic heterocycles. The maximum absolute atomic E-state index is 13.0. The summed E-state index contributed by atoms with van der Waals surface area (Å²) in [5.41, 5.74) is 0.920. The van der Waals surface area contributed by atoms with Crippen LogP contribution in [-0.2, 0) is 11.3 Å². The highest BCUT2D eigenvalue weighted by atomic mass is 19.4. The molecule has 2 rings (SSSR count). The Labute approximate surface area is 163 Å². The van der Waals surface area contributed by atoms with Crippen LogP contribution >= 0.6 is 0 Å². The van der Waals surface area contributed by atoms with Gasteiger partial charge in [-0.3, -0.25) is 4.79 Å². The van der Waals surface area contributed by atoms with E-state index in [-0.39, 0.29) is 18.8 Å². The average molecular weight is 399 g/mol. The number of hydrogen-bond acceptors (Lipinski definition) is 2. The van der Waals surface area contributed by atoms with E-state index in [1.54, 1.807) is 13.8 Å². The Kier molecular flexibility index (Phi) is 7.71. The second kappa shape index (κ2) is 9.80. The molecule has 3 atom stereocenters. The van der Waals surface area contributed by atoms with E-state index in [4.69, 9.17) is 0 Å². The molecule has 0 spiro atoms.